The van der Waals surface area contributed by atoms with Crippen molar-refractivity contribution in [3.8, 4) is 17.0 Å². The van der Waals surface area contributed by atoms with Gasteiger partial charge in [-0.15, -0.1) is 11.3 Å². The molecule has 0 N–H and O–H groups in total. The van der Waals surface area contributed by atoms with Gasteiger partial charge in [0.1, 0.15) is 34.6 Å². The van der Waals surface area contributed by atoms with Gasteiger partial charge in [0.05, 0.1) is 19.5 Å². The van der Waals surface area contributed by atoms with Gasteiger partial charge in [-0.25, -0.2) is 18.6 Å². The van der Waals surface area contributed by atoms with Crippen molar-refractivity contribution in [3.05, 3.63) is 63.7 Å². The van der Waals surface area contributed by atoms with Crippen molar-refractivity contribution in [2.45, 2.75) is 20.0 Å². The fourth-order valence-electron chi connectivity index (χ4n) is 2.52. The van der Waals surface area contributed by atoms with E-state index in [2.05, 4.69) is 9.97 Å². The lowest BCUT2D eigenvalue weighted by Gasteiger charge is -2.11. The van der Waals surface area contributed by atoms with Crippen LogP contribution in [0, 0.1) is 11.6 Å². The van der Waals surface area contributed by atoms with Crippen molar-refractivity contribution < 1.29 is 23.0 Å². The summed E-state index contributed by atoms with van der Waals surface area (Å²) in [6, 6.07) is 4.16. The number of rotatable bonds is 6. The monoisotopic (exact) mass is 390 g/mol. The number of nitrogens with zero attached hydrogens (tertiary/aromatic N) is 2. The summed E-state index contributed by atoms with van der Waals surface area (Å²) >= 11 is 1.29. The van der Waals surface area contributed by atoms with Crippen LogP contribution in [0.1, 0.15) is 27.0 Å². The fraction of sp³-hybridized carbons (Fsp3) is 0.211. The molecule has 5 nitrogen and oxygen atoms in total. The van der Waals surface area contributed by atoms with E-state index in [0.717, 1.165) is 17.3 Å². The van der Waals surface area contributed by atoms with E-state index in [1.165, 1.54) is 36.8 Å². The Balaban J connectivity index is 1.97. The molecule has 0 radical (unpaired) electrons. The lowest BCUT2D eigenvalue weighted by Crippen LogP contribution is -2.01. The van der Waals surface area contributed by atoms with Crippen LogP contribution in [0.15, 0.2) is 36.8 Å². The Morgan fingerprint density at radius 2 is 1.93 bits per heavy atom. The van der Waals surface area contributed by atoms with Crippen LogP contribution in [0.2, 0.25) is 0 Å². The molecule has 0 spiro atoms. The van der Waals surface area contributed by atoms with Crippen LogP contribution in [-0.2, 0) is 17.8 Å². The first-order valence-electron chi connectivity index (χ1n) is 8.11. The van der Waals surface area contributed by atoms with Gasteiger partial charge in [-0.1, -0.05) is 6.92 Å². The minimum atomic E-state index is -0.562. The maximum atomic E-state index is 13.7. The Hall–Kier alpha value is -2.87. The number of hydrogen-bond acceptors (Lipinski definition) is 6. The average Bonchev–Trinajstić information content (AvgIpc) is 3.10. The molecule has 0 aliphatic rings. The van der Waals surface area contributed by atoms with Crippen molar-refractivity contribution in [2.24, 2.45) is 0 Å². The van der Waals surface area contributed by atoms with E-state index in [4.69, 9.17) is 9.47 Å². The second kappa shape index (κ2) is 8.22. The van der Waals surface area contributed by atoms with Gasteiger partial charge < -0.3 is 9.47 Å². The van der Waals surface area contributed by atoms with Gasteiger partial charge in [-0.3, -0.25) is 4.98 Å². The molecule has 0 aliphatic heterocycles. The molecule has 0 aliphatic carbocycles. The SMILES string of the molecule is CCc1sc(C(=O)OC)cc1-c1ncc(F)cc1OCc1cncc(F)c1. The number of carbonyl (C=O) groups is 1. The highest BCUT2D eigenvalue weighted by Gasteiger charge is 2.20. The maximum Gasteiger partial charge on any atom is 0.348 e. The topological polar surface area (TPSA) is 61.3 Å². The number of hydrogen-bond donors (Lipinski definition) is 0. The fourth-order valence-corrected chi connectivity index (χ4v) is 3.54. The zero-order valence-electron chi connectivity index (χ0n) is 14.7. The van der Waals surface area contributed by atoms with Gasteiger partial charge >= 0.3 is 5.97 Å². The van der Waals surface area contributed by atoms with Gasteiger partial charge in [-0.05, 0) is 18.6 Å². The Labute approximate surface area is 158 Å². The summed E-state index contributed by atoms with van der Waals surface area (Å²) < 4.78 is 37.5. The van der Waals surface area contributed by atoms with Crippen LogP contribution >= 0.6 is 11.3 Å². The number of esters is 1. The molecule has 0 amide bonds. The number of thiophene rings is 1. The predicted octanol–water partition coefficient (Wildman–Crippen LogP) is 4.41. The third-order valence-electron chi connectivity index (χ3n) is 3.75. The van der Waals surface area contributed by atoms with Gasteiger partial charge in [0.25, 0.3) is 0 Å². The summed E-state index contributed by atoms with van der Waals surface area (Å²) in [6.07, 6.45) is 4.29. The predicted molar refractivity (Wildman–Crippen MR) is 96.8 cm³/mol. The molecule has 0 saturated heterocycles. The molecule has 3 aromatic rings. The van der Waals surface area contributed by atoms with Gasteiger partial charge in [0, 0.05) is 28.3 Å². The Bertz CT molecular complexity index is 975. The number of halogens is 2. The van der Waals surface area contributed by atoms with Crippen molar-refractivity contribution >= 4 is 17.3 Å². The molecule has 3 aromatic heterocycles. The first-order valence-corrected chi connectivity index (χ1v) is 8.92. The molecule has 0 aromatic carbocycles. The second-order valence-electron chi connectivity index (χ2n) is 5.59. The summed E-state index contributed by atoms with van der Waals surface area (Å²) in [6.45, 7) is 1.94. The molecular formula is C19H16F2N2O3S. The average molecular weight is 390 g/mol. The lowest BCUT2D eigenvalue weighted by atomic mass is 10.1. The highest BCUT2D eigenvalue weighted by molar-refractivity contribution is 7.14. The third-order valence-corrected chi connectivity index (χ3v) is 5.01. The van der Waals surface area contributed by atoms with Crippen molar-refractivity contribution in [2.75, 3.05) is 7.11 Å². The highest BCUT2D eigenvalue weighted by Crippen LogP contribution is 2.37. The van der Waals surface area contributed by atoms with Crippen molar-refractivity contribution in [3.63, 3.8) is 0 Å². The summed E-state index contributed by atoms with van der Waals surface area (Å²) in [7, 11) is 1.31. The minimum Gasteiger partial charge on any atom is -0.486 e. The largest absolute Gasteiger partial charge is 0.486 e. The number of carbonyl (C=O) groups excluding carboxylic acids is 1. The third kappa shape index (κ3) is 4.28. The molecule has 0 unspecified atom stereocenters. The maximum absolute atomic E-state index is 13.7. The molecule has 3 rings (SSSR count). The van der Waals surface area contributed by atoms with E-state index in [9.17, 15) is 13.6 Å². The van der Waals surface area contributed by atoms with Crippen LogP contribution in [0.5, 0.6) is 5.75 Å². The first-order chi connectivity index (χ1) is 13.0. The quantitative estimate of drug-likeness (QED) is 0.584. The van der Waals surface area contributed by atoms with Crippen molar-refractivity contribution in [1.82, 2.24) is 9.97 Å². The highest BCUT2D eigenvalue weighted by atomic mass is 32.1. The summed E-state index contributed by atoms with van der Waals surface area (Å²) in [5.41, 5.74) is 1.58. The normalized spacial score (nSPS) is 10.7. The van der Waals surface area contributed by atoms with E-state index in [1.807, 2.05) is 6.92 Å². The van der Waals surface area contributed by atoms with Crippen LogP contribution in [-0.4, -0.2) is 23.0 Å². The molecule has 0 bridgehead atoms. The summed E-state index contributed by atoms with van der Waals surface area (Å²) in [4.78, 5) is 21.1. The second-order valence-corrected chi connectivity index (χ2v) is 6.73. The van der Waals surface area contributed by atoms with E-state index < -0.39 is 17.6 Å². The molecule has 0 atom stereocenters. The molecule has 27 heavy (non-hydrogen) atoms. The molecular weight excluding hydrogens is 374 g/mol. The molecule has 140 valence electrons. The first kappa shape index (κ1) is 18.9. The number of aromatic nitrogens is 2. The Kier molecular flexibility index (Phi) is 5.75. The molecule has 0 fully saturated rings. The standard InChI is InChI=1S/C19H16F2N2O3S/c1-3-16-14(6-17(27-16)19(24)25-2)18-15(5-13(21)9-23-18)26-10-11-4-12(20)8-22-7-11/h4-9H,3,10H2,1-2H3. The van der Waals surface area contributed by atoms with E-state index >= 15 is 0 Å². The summed E-state index contributed by atoms with van der Waals surface area (Å²) in [5.74, 6) is -1.30. The molecule has 3 heterocycles. The smallest absolute Gasteiger partial charge is 0.348 e. The van der Waals surface area contributed by atoms with Crippen LogP contribution < -0.4 is 4.74 Å². The van der Waals surface area contributed by atoms with Crippen LogP contribution in [0.4, 0.5) is 8.78 Å². The Morgan fingerprint density at radius 1 is 1.15 bits per heavy atom. The van der Waals surface area contributed by atoms with Gasteiger partial charge in [-0.2, -0.15) is 0 Å². The van der Waals surface area contributed by atoms with Crippen LogP contribution in [0.25, 0.3) is 11.3 Å². The van der Waals surface area contributed by atoms with Crippen molar-refractivity contribution in [1.29, 1.82) is 0 Å². The van der Waals surface area contributed by atoms with E-state index in [0.29, 0.717) is 28.1 Å². The van der Waals surface area contributed by atoms with E-state index in [-0.39, 0.29) is 12.4 Å². The number of aryl methyl sites for hydroxylation is 1. The van der Waals surface area contributed by atoms with E-state index in [1.54, 1.807) is 6.07 Å². The number of methoxy groups -OCH3 is 1. The summed E-state index contributed by atoms with van der Waals surface area (Å²) in [5, 5.41) is 0. The number of ether oxygens (including phenoxy) is 2. The van der Waals surface area contributed by atoms with Crippen LogP contribution in [0.3, 0.4) is 0 Å². The minimum absolute atomic E-state index is 0.00164. The molecule has 8 heteroatoms. The Morgan fingerprint density at radius 3 is 2.63 bits per heavy atom. The molecule has 0 saturated carbocycles. The number of pyridine rings is 2. The van der Waals surface area contributed by atoms with Gasteiger partial charge in [0.15, 0.2) is 0 Å². The lowest BCUT2D eigenvalue weighted by molar-refractivity contribution is 0.0606. The zero-order chi connectivity index (χ0) is 19.4. The zero-order valence-corrected chi connectivity index (χ0v) is 15.5. The van der Waals surface area contributed by atoms with Gasteiger partial charge in [0.2, 0.25) is 0 Å².